The Morgan fingerprint density at radius 1 is 1.13 bits per heavy atom. The Kier molecular flexibility index (Phi) is 8.23. The minimum atomic E-state index is -1.23. The molecule has 5 aromatic rings. The molecule has 0 spiro atoms. The first-order valence-corrected chi connectivity index (χ1v) is 14.9. The van der Waals surface area contributed by atoms with E-state index in [4.69, 9.17) is 26.3 Å². The van der Waals surface area contributed by atoms with Crippen LogP contribution in [0.4, 0.5) is 8.78 Å². The minimum absolute atomic E-state index is 0.0656. The fraction of sp³-hybridized carbons (Fsp3) is 0.257. The lowest BCUT2D eigenvalue weighted by molar-refractivity contribution is 0.0696. The summed E-state index contributed by atoms with van der Waals surface area (Å²) < 4.78 is 43.2. The molecule has 1 aliphatic rings. The number of aryl methyl sites for hydroxylation is 1. The molecule has 6 rings (SSSR count). The molecule has 1 N–H and O–H groups in total. The minimum Gasteiger partial charge on any atom is -0.478 e. The summed E-state index contributed by atoms with van der Waals surface area (Å²) >= 11 is 6.83. The van der Waals surface area contributed by atoms with E-state index >= 15 is 4.39 Å². The van der Waals surface area contributed by atoms with Gasteiger partial charge in [-0.25, -0.2) is 23.5 Å². The molecule has 234 valence electrons. The number of pyridine rings is 1. The van der Waals surface area contributed by atoms with Crippen molar-refractivity contribution in [3.8, 4) is 23.2 Å². The Labute approximate surface area is 268 Å². The maximum absolute atomic E-state index is 15.2. The molecule has 1 aliphatic heterocycles. The Morgan fingerprint density at radius 2 is 1.89 bits per heavy atom. The van der Waals surface area contributed by atoms with Crippen LogP contribution in [0.15, 0.2) is 60.7 Å². The Hall–Kier alpha value is -4.85. The molecular formula is C35H29ClF2N4O4. The topological polar surface area (TPSA) is 110 Å². The van der Waals surface area contributed by atoms with Crippen molar-refractivity contribution in [1.29, 1.82) is 5.26 Å². The average molecular weight is 643 g/mol. The van der Waals surface area contributed by atoms with Crippen LogP contribution in [0.3, 0.4) is 0 Å². The number of ether oxygens (including phenoxy) is 2. The molecular weight excluding hydrogens is 614 g/mol. The number of aromatic nitrogens is 3. The molecule has 0 amide bonds. The van der Waals surface area contributed by atoms with Crippen molar-refractivity contribution in [3.05, 3.63) is 111 Å². The van der Waals surface area contributed by atoms with Crippen molar-refractivity contribution in [3.63, 3.8) is 0 Å². The zero-order valence-corrected chi connectivity index (χ0v) is 26.0. The van der Waals surface area contributed by atoms with Crippen molar-refractivity contribution in [2.75, 3.05) is 13.2 Å². The number of hydrogen-bond acceptors (Lipinski definition) is 6. The number of nitriles is 1. The van der Waals surface area contributed by atoms with Crippen LogP contribution in [0.5, 0.6) is 5.88 Å². The molecule has 1 unspecified atom stereocenters. The van der Waals surface area contributed by atoms with Crippen molar-refractivity contribution in [2.45, 2.75) is 39.8 Å². The molecule has 8 nitrogen and oxygen atoms in total. The zero-order chi connectivity index (χ0) is 32.7. The lowest BCUT2D eigenvalue weighted by atomic mass is 9.87. The van der Waals surface area contributed by atoms with Gasteiger partial charge in [0, 0.05) is 22.4 Å². The summed E-state index contributed by atoms with van der Waals surface area (Å²) in [7, 11) is 0. The lowest BCUT2D eigenvalue weighted by Crippen LogP contribution is -2.27. The van der Waals surface area contributed by atoms with Gasteiger partial charge >= 0.3 is 5.97 Å². The van der Waals surface area contributed by atoms with Gasteiger partial charge in [0.1, 0.15) is 17.9 Å². The quantitative estimate of drug-likeness (QED) is 0.185. The monoisotopic (exact) mass is 642 g/mol. The highest BCUT2D eigenvalue weighted by molar-refractivity contribution is 6.31. The maximum Gasteiger partial charge on any atom is 0.335 e. The van der Waals surface area contributed by atoms with E-state index in [1.807, 2.05) is 31.4 Å². The van der Waals surface area contributed by atoms with Crippen LogP contribution in [0.1, 0.15) is 58.3 Å². The first kappa shape index (κ1) is 31.1. The number of hydrogen-bond donors (Lipinski definition) is 1. The second kappa shape index (κ2) is 12.2. The van der Waals surface area contributed by atoms with Gasteiger partial charge in [0.05, 0.1) is 47.7 Å². The highest BCUT2D eigenvalue weighted by Crippen LogP contribution is 2.41. The molecule has 0 saturated carbocycles. The SMILES string of the molecule is Cc1cc(Cc2nc3c(F)cc(C(=O)O)cc3n2C2COCC2(C)C)c(Cl)cc1-c1ccc(F)c(OCc2ccc(C#N)cc2)n1. The Balaban J connectivity index is 1.34. The van der Waals surface area contributed by atoms with Crippen LogP contribution >= 0.6 is 11.6 Å². The second-order valence-corrected chi connectivity index (χ2v) is 12.5. The van der Waals surface area contributed by atoms with E-state index in [9.17, 15) is 14.3 Å². The van der Waals surface area contributed by atoms with Crippen LogP contribution in [-0.4, -0.2) is 38.8 Å². The van der Waals surface area contributed by atoms with Gasteiger partial charge in [0.2, 0.25) is 0 Å². The predicted molar refractivity (Wildman–Crippen MR) is 168 cm³/mol. The van der Waals surface area contributed by atoms with E-state index in [1.165, 1.54) is 12.1 Å². The van der Waals surface area contributed by atoms with Crippen molar-refractivity contribution in [1.82, 2.24) is 14.5 Å². The van der Waals surface area contributed by atoms with Gasteiger partial charge in [-0.15, -0.1) is 0 Å². The number of carbonyl (C=O) groups is 1. The predicted octanol–water partition coefficient (Wildman–Crippen LogP) is 7.68. The maximum atomic E-state index is 15.2. The number of carboxylic acids is 1. The molecule has 0 bridgehead atoms. The number of nitrogens with zero attached hydrogens (tertiary/aromatic N) is 4. The van der Waals surface area contributed by atoms with Crippen LogP contribution < -0.4 is 4.74 Å². The number of aromatic carboxylic acids is 1. The molecule has 3 heterocycles. The largest absolute Gasteiger partial charge is 0.478 e. The van der Waals surface area contributed by atoms with E-state index in [2.05, 4.69) is 16.0 Å². The summed E-state index contributed by atoms with van der Waals surface area (Å²) in [5.74, 6) is -2.21. The molecule has 1 atom stereocenters. The van der Waals surface area contributed by atoms with Crippen molar-refractivity contribution in [2.24, 2.45) is 5.41 Å². The number of rotatable bonds is 8. The third-order valence-electron chi connectivity index (χ3n) is 8.32. The van der Waals surface area contributed by atoms with E-state index < -0.39 is 17.6 Å². The molecule has 1 saturated heterocycles. The van der Waals surface area contributed by atoms with E-state index in [1.54, 1.807) is 36.4 Å². The van der Waals surface area contributed by atoms with Crippen molar-refractivity contribution < 1.29 is 28.2 Å². The summed E-state index contributed by atoms with van der Waals surface area (Å²) in [5.41, 5.74) is 3.90. The average Bonchev–Trinajstić information content (AvgIpc) is 3.56. The lowest BCUT2D eigenvalue weighted by Gasteiger charge is -2.28. The number of imidazole rings is 1. The van der Waals surface area contributed by atoms with Gasteiger partial charge in [-0.2, -0.15) is 5.26 Å². The van der Waals surface area contributed by atoms with E-state index in [0.29, 0.717) is 46.4 Å². The Morgan fingerprint density at radius 3 is 2.57 bits per heavy atom. The van der Waals surface area contributed by atoms with Gasteiger partial charge in [0.25, 0.3) is 5.88 Å². The summed E-state index contributed by atoms with van der Waals surface area (Å²) in [6.45, 7) is 6.88. The van der Waals surface area contributed by atoms with E-state index in [-0.39, 0.29) is 41.4 Å². The first-order chi connectivity index (χ1) is 21.9. The van der Waals surface area contributed by atoms with Gasteiger partial charge < -0.3 is 19.1 Å². The fourth-order valence-electron chi connectivity index (χ4n) is 5.80. The summed E-state index contributed by atoms with van der Waals surface area (Å²) in [5, 5.41) is 19.0. The smallest absolute Gasteiger partial charge is 0.335 e. The fourth-order valence-corrected chi connectivity index (χ4v) is 6.03. The summed E-state index contributed by atoms with van der Waals surface area (Å²) in [4.78, 5) is 20.8. The van der Waals surface area contributed by atoms with Crippen molar-refractivity contribution >= 4 is 28.6 Å². The zero-order valence-electron chi connectivity index (χ0n) is 25.3. The number of carboxylic acid groups (broad SMARTS) is 1. The van der Waals surface area contributed by atoms with Gasteiger partial charge in [-0.05, 0) is 66.1 Å². The Bertz CT molecular complexity index is 2040. The summed E-state index contributed by atoms with van der Waals surface area (Å²) in [6.07, 6.45) is 0.235. The molecule has 2 aromatic heterocycles. The first-order valence-electron chi connectivity index (χ1n) is 14.5. The van der Waals surface area contributed by atoms with Crippen LogP contribution in [0.25, 0.3) is 22.3 Å². The molecule has 0 aliphatic carbocycles. The molecule has 46 heavy (non-hydrogen) atoms. The van der Waals surface area contributed by atoms with Gasteiger partial charge in [0.15, 0.2) is 11.6 Å². The molecule has 11 heteroatoms. The summed E-state index contributed by atoms with van der Waals surface area (Å²) in [6, 6.07) is 17.5. The van der Waals surface area contributed by atoms with E-state index in [0.717, 1.165) is 22.8 Å². The van der Waals surface area contributed by atoms with Gasteiger partial charge in [-0.3, -0.25) is 0 Å². The third-order valence-corrected chi connectivity index (χ3v) is 8.67. The molecule has 1 fully saturated rings. The number of benzene rings is 3. The highest BCUT2D eigenvalue weighted by Gasteiger charge is 2.39. The highest BCUT2D eigenvalue weighted by atomic mass is 35.5. The van der Waals surface area contributed by atoms with Crippen LogP contribution in [-0.2, 0) is 17.8 Å². The normalized spacial score (nSPS) is 15.6. The van der Waals surface area contributed by atoms with Crippen LogP contribution in [0.2, 0.25) is 5.02 Å². The van der Waals surface area contributed by atoms with Gasteiger partial charge in [-0.1, -0.05) is 43.6 Å². The third kappa shape index (κ3) is 5.91. The number of fused-ring (bicyclic) bond motifs is 1. The standard InChI is InChI=1S/C35H29ClF2N4O4/c1-19-10-22(13-31-41-32-27(38)11-23(34(43)44)12-29(32)42(31)30-17-45-18-35(30,2)3)25(36)14-24(19)28-9-8-26(37)33(40-28)46-16-21-6-4-20(15-39)5-7-21/h4-12,14,30H,13,16-18H2,1-3H3,(H,43,44). The van der Waals surface area contributed by atoms with Crippen LogP contribution in [0, 0.1) is 35.3 Å². The number of halogens is 3. The second-order valence-electron chi connectivity index (χ2n) is 12.1. The molecule has 3 aromatic carbocycles. The molecule has 0 radical (unpaired) electrons.